The Morgan fingerprint density at radius 3 is 2.50 bits per heavy atom. The van der Waals surface area contributed by atoms with Gasteiger partial charge in [0.2, 0.25) is 0 Å². The summed E-state index contributed by atoms with van der Waals surface area (Å²) in [5, 5.41) is 10.5. The lowest BCUT2D eigenvalue weighted by Gasteiger charge is -2.38. The van der Waals surface area contributed by atoms with Crippen molar-refractivity contribution in [2.45, 2.75) is 45.2 Å². The Balaban J connectivity index is 2.21. The number of carbonyl (C=O) groups is 1. The molecule has 0 N–H and O–H groups in total. The van der Waals surface area contributed by atoms with Crippen LogP contribution in [0.1, 0.15) is 43.7 Å². The van der Waals surface area contributed by atoms with Crippen molar-refractivity contribution < 1.29 is 14.1 Å². The summed E-state index contributed by atoms with van der Waals surface area (Å²) in [7, 11) is 0. The third-order valence-corrected chi connectivity index (χ3v) is 3.41. The zero-order valence-electron chi connectivity index (χ0n) is 10.5. The highest BCUT2D eigenvalue weighted by Crippen LogP contribution is 2.26. The Hall–Kier alpha value is -1.85. The first kappa shape index (κ1) is 12.6. The number of carbonyl (C=O) groups excluding carboxylic acids is 1. The minimum absolute atomic E-state index is 0.0438. The normalized spacial score (nSPS) is 24.0. The predicted octanol–water partition coefficient (Wildman–Crippen LogP) is 2.59. The summed E-state index contributed by atoms with van der Waals surface area (Å²) in [6, 6.07) is 2.87. The van der Waals surface area contributed by atoms with Crippen LogP contribution in [0.15, 0.2) is 16.5 Å². The summed E-state index contributed by atoms with van der Waals surface area (Å²) >= 11 is 0. The topological polar surface area (TPSA) is 76.6 Å². The lowest BCUT2D eigenvalue weighted by atomic mass is 9.97. The number of nitrogens with zero attached hydrogens (tertiary/aromatic N) is 2. The zero-order chi connectivity index (χ0) is 13.3. The molecule has 2 rings (SSSR count). The highest BCUT2D eigenvalue weighted by atomic mass is 16.6. The number of hydrogen-bond donors (Lipinski definition) is 0. The maximum Gasteiger partial charge on any atom is 0.433 e. The Kier molecular flexibility index (Phi) is 3.36. The number of nitro groups is 1. The van der Waals surface area contributed by atoms with Crippen molar-refractivity contribution in [3.63, 3.8) is 0 Å². The van der Waals surface area contributed by atoms with Crippen molar-refractivity contribution in [1.29, 1.82) is 0 Å². The second-order valence-corrected chi connectivity index (χ2v) is 4.74. The molecule has 2 unspecified atom stereocenters. The summed E-state index contributed by atoms with van der Waals surface area (Å²) in [4.78, 5) is 23.9. The molecular weight excluding hydrogens is 236 g/mol. The number of furan rings is 1. The molecule has 2 atom stereocenters. The molecule has 98 valence electrons. The molecule has 6 heteroatoms. The molecule has 1 fully saturated rings. The highest BCUT2D eigenvalue weighted by Gasteiger charge is 2.32. The van der Waals surface area contributed by atoms with E-state index in [0.29, 0.717) is 0 Å². The number of hydrogen-bond acceptors (Lipinski definition) is 4. The molecule has 18 heavy (non-hydrogen) atoms. The SMILES string of the molecule is CC1CCCC(C)N1C(=O)c1ccc([N+](=O)[O-])o1. The van der Waals surface area contributed by atoms with E-state index < -0.39 is 10.8 Å². The van der Waals surface area contributed by atoms with E-state index in [1.54, 1.807) is 4.90 Å². The smallest absolute Gasteiger partial charge is 0.395 e. The molecule has 1 aliphatic rings. The first-order chi connectivity index (χ1) is 8.50. The molecule has 2 heterocycles. The van der Waals surface area contributed by atoms with Gasteiger partial charge in [-0.05, 0) is 39.2 Å². The van der Waals surface area contributed by atoms with Crippen molar-refractivity contribution in [1.82, 2.24) is 4.90 Å². The monoisotopic (exact) mass is 252 g/mol. The highest BCUT2D eigenvalue weighted by molar-refractivity contribution is 5.92. The minimum Gasteiger partial charge on any atom is -0.395 e. The Morgan fingerprint density at radius 2 is 2.00 bits per heavy atom. The molecule has 0 saturated carbocycles. The molecule has 1 aliphatic heterocycles. The van der Waals surface area contributed by atoms with E-state index in [1.165, 1.54) is 12.1 Å². The Bertz CT molecular complexity index is 458. The van der Waals surface area contributed by atoms with Gasteiger partial charge in [-0.3, -0.25) is 14.9 Å². The number of piperidine rings is 1. The standard InChI is InChI=1S/C12H16N2O4/c1-8-4-3-5-9(2)13(8)12(15)10-6-7-11(18-10)14(16)17/h6-9H,3-5H2,1-2H3. The third-order valence-electron chi connectivity index (χ3n) is 3.41. The van der Waals surface area contributed by atoms with Crippen LogP contribution in [0.4, 0.5) is 5.88 Å². The molecule has 1 saturated heterocycles. The average Bonchev–Trinajstić information content (AvgIpc) is 2.77. The second-order valence-electron chi connectivity index (χ2n) is 4.74. The van der Waals surface area contributed by atoms with Crippen LogP contribution in [0.2, 0.25) is 0 Å². The molecule has 1 aromatic heterocycles. The molecule has 0 aromatic carbocycles. The third kappa shape index (κ3) is 2.23. The van der Waals surface area contributed by atoms with Gasteiger partial charge >= 0.3 is 5.88 Å². The van der Waals surface area contributed by atoms with Crippen LogP contribution in [-0.2, 0) is 0 Å². The van der Waals surface area contributed by atoms with Gasteiger partial charge in [0.05, 0.1) is 6.07 Å². The fraction of sp³-hybridized carbons (Fsp3) is 0.583. The van der Waals surface area contributed by atoms with Gasteiger partial charge in [0.25, 0.3) is 5.91 Å². The first-order valence-electron chi connectivity index (χ1n) is 6.07. The molecule has 0 spiro atoms. The zero-order valence-corrected chi connectivity index (χ0v) is 10.5. The van der Waals surface area contributed by atoms with E-state index in [4.69, 9.17) is 4.42 Å². The number of rotatable bonds is 2. The van der Waals surface area contributed by atoms with Crippen LogP contribution in [-0.4, -0.2) is 27.8 Å². The summed E-state index contributed by atoms with van der Waals surface area (Å²) < 4.78 is 4.97. The van der Waals surface area contributed by atoms with E-state index >= 15 is 0 Å². The van der Waals surface area contributed by atoms with E-state index in [1.807, 2.05) is 13.8 Å². The molecular formula is C12H16N2O4. The van der Waals surface area contributed by atoms with Crippen molar-refractivity contribution in [3.8, 4) is 0 Å². The van der Waals surface area contributed by atoms with Crippen LogP contribution in [0.5, 0.6) is 0 Å². The van der Waals surface area contributed by atoms with Gasteiger partial charge in [0.1, 0.15) is 4.92 Å². The average molecular weight is 252 g/mol. The van der Waals surface area contributed by atoms with Crippen LogP contribution in [0, 0.1) is 10.1 Å². The van der Waals surface area contributed by atoms with Crippen LogP contribution < -0.4 is 0 Å². The van der Waals surface area contributed by atoms with Gasteiger partial charge in [-0.15, -0.1) is 0 Å². The first-order valence-corrected chi connectivity index (χ1v) is 6.07. The molecule has 0 radical (unpaired) electrons. The molecule has 1 amide bonds. The van der Waals surface area contributed by atoms with Gasteiger partial charge in [0.15, 0.2) is 5.76 Å². The number of amides is 1. The summed E-state index contributed by atoms with van der Waals surface area (Å²) in [6.45, 7) is 3.98. The molecule has 1 aromatic rings. The van der Waals surface area contributed by atoms with Gasteiger partial charge in [-0.25, -0.2) is 0 Å². The molecule has 0 bridgehead atoms. The lowest BCUT2D eigenvalue weighted by Crippen LogP contribution is -2.47. The summed E-state index contributed by atoms with van der Waals surface area (Å²) in [5.41, 5.74) is 0. The second kappa shape index (κ2) is 4.80. The maximum atomic E-state index is 12.3. The van der Waals surface area contributed by atoms with Crippen molar-refractivity contribution in [2.24, 2.45) is 0 Å². The predicted molar refractivity (Wildman–Crippen MR) is 64.3 cm³/mol. The Morgan fingerprint density at radius 1 is 1.39 bits per heavy atom. The van der Waals surface area contributed by atoms with E-state index in [0.717, 1.165) is 19.3 Å². The summed E-state index contributed by atoms with van der Waals surface area (Å²) in [6.07, 6.45) is 3.02. The van der Waals surface area contributed by atoms with E-state index in [-0.39, 0.29) is 23.8 Å². The molecule has 6 nitrogen and oxygen atoms in total. The fourth-order valence-corrected chi connectivity index (χ4v) is 2.49. The van der Waals surface area contributed by atoms with Crippen molar-refractivity contribution >= 4 is 11.8 Å². The fourth-order valence-electron chi connectivity index (χ4n) is 2.49. The largest absolute Gasteiger partial charge is 0.433 e. The van der Waals surface area contributed by atoms with Crippen LogP contribution >= 0.6 is 0 Å². The van der Waals surface area contributed by atoms with E-state index in [2.05, 4.69) is 0 Å². The maximum absolute atomic E-state index is 12.3. The van der Waals surface area contributed by atoms with Crippen LogP contribution in [0.3, 0.4) is 0 Å². The van der Waals surface area contributed by atoms with Gasteiger partial charge < -0.3 is 9.32 Å². The van der Waals surface area contributed by atoms with Gasteiger partial charge in [-0.1, -0.05) is 0 Å². The summed E-state index contributed by atoms with van der Waals surface area (Å²) in [5.74, 6) is -0.610. The quantitative estimate of drug-likeness (QED) is 0.598. The lowest BCUT2D eigenvalue weighted by molar-refractivity contribution is -0.402. The number of likely N-dealkylation sites (tertiary alicyclic amines) is 1. The van der Waals surface area contributed by atoms with E-state index in [9.17, 15) is 14.9 Å². The van der Waals surface area contributed by atoms with Crippen molar-refractivity contribution in [2.75, 3.05) is 0 Å². The van der Waals surface area contributed by atoms with Gasteiger partial charge in [-0.2, -0.15) is 0 Å². The molecule has 0 aliphatic carbocycles. The van der Waals surface area contributed by atoms with Crippen LogP contribution in [0.25, 0.3) is 0 Å². The minimum atomic E-state index is -0.639. The Labute approximate surface area is 105 Å². The van der Waals surface area contributed by atoms with Crippen molar-refractivity contribution in [3.05, 3.63) is 28.0 Å². The van der Waals surface area contributed by atoms with Gasteiger partial charge in [0, 0.05) is 12.1 Å².